The Morgan fingerprint density at radius 2 is 2.11 bits per heavy atom. The standard InChI is InChI=1S/C15H13ClN2O/c1-19-14-4-2-3-11(7-14)10-18-15-6-5-13(16)8-12(15)9-17/h2-8,18H,10H2,1H3. The van der Waals surface area contributed by atoms with Gasteiger partial charge in [-0.05, 0) is 35.9 Å². The Bertz CT molecular complexity index is 620. The maximum atomic E-state index is 9.05. The van der Waals surface area contributed by atoms with Crippen LogP contribution in [0, 0.1) is 11.3 Å². The molecule has 0 saturated heterocycles. The number of nitrogens with zero attached hydrogens (tertiary/aromatic N) is 1. The summed E-state index contributed by atoms with van der Waals surface area (Å²) in [6.07, 6.45) is 0. The van der Waals surface area contributed by atoms with Gasteiger partial charge in [-0.15, -0.1) is 0 Å². The Labute approximate surface area is 117 Å². The molecule has 0 radical (unpaired) electrons. The van der Waals surface area contributed by atoms with Gasteiger partial charge in [0.1, 0.15) is 11.8 Å². The summed E-state index contributed by atoms with van der Waals surface area (Å²) in [5.74, 6) is 0.816. The predicted molar refractivity (Wildman–Crippen MR) is 76.5 cm³/mol. The van der Waals surface area contributed by atoms with Gasteiger partial charge in [0.05, 0.1) is 18.4 Å². The van der Waals surface area contributed by atoms with Crippen LogP contribution in [0.3, 0.4) is 0 Å². The number of nitriles is 1. The minimum Gasteiger partial charge on any atom is -0.497 e. The van der Waals surface area contributed by atoms with E-state index < -0.39 is 0 Å². The fourth-order valence-electron chi connectivity index (χ4n) is 1.74. The van der Waals surface area contributed by atoms with Crippen LogP contribution in [0.5, 0.6) is 5.75 Å². The summed E-state index contributed by atoms with van der Waals surface area (Å²) in [5, 5.41) is 12.8. The molecule has 0 aliphatic carbocycles. The molecule has 2 aromatic rings. The van der Waals surface area contributed by atoms with Crippen LogP contribution in [-0.4, -0.2) is 7.11 Å². The minimum atomic E-state index is 0.537. The van der Waals surface area contributed by atoms with Gasteiger partial charge in [0.25, 0.3) is 0 Å². The smallest absolute Gasteiger partial charge is 0.119 e. The molecule has 4 heteroatoms. The minimum absolute atomic E-state index is 0.537. The Morgan fingerprint density at radius 1 is 1.26 bits per heavy atom. The van der Waals surface area contributed by atoms with Crippen molar-refractivity contribution < 1.29 is 4.74 Å². The highest BCUT2D eigenvalue weighted by Crippen LogP contribution is 2.21. The van der Waals surface area contributed by atoms with Gasteiger partial charge < -0.3 is 10.1 Å². The van der Waals surface area contributed by atoms with Gasteiger partial charge in [0, 0.05) is 11.6 Å². The molecule has 0 aromatic heterocycles. The van der Waals surface area contributed by atoms with E-state index in [0.717, 1.165) is 17.0 Å². The highest BCUT2D eigenvalue weighted by Gasteiger charge is 2.03. The lowest BCUT2D eigenvalue weighted by molar-refractivity contribution is 0.414. The van der Waals surface area contributed by atoms with Crippen LogP contribution in [0.15, 0.2) is 42.5 Å². The summed E-state index contributed by atoms with van der Waals surface area (Å²) in [4.78, 5) is 0. The SMILES string of the molecule is COc1cccc(CNc2ccc(Cl)cc2C#N)c1. The molecule has 2 aromatic carbocycles. The summed E-state index contributed by atoms with van der Waals surface area (Å²) in [6, 6.07) is 15.1. The Balaban J connectivity index is 2.12. The van der Waals surface area contributed by atoms with Crippen molar-refractivity contribution in [1.82, 2.24) is 0 Å². The molecular weight excluding hydrogens is 260 g/mol. The third-order valence-electron chi connectivity index (χ3n) is 2.72. The van der Waals surface area contributed by atoms with E-state index in [1.807, 2.05) is 24.3 Å². The largest absolute Gasteiger partial charge is 0.497 e. The fraction of sp³-hybridized carbons (Fsp3) is 0.133. The summed E-state index contributed by atoms with van der Waals surface area (Å²) >= 11 is 5.86. The molecule has 0 spiro atoms. The first kappa shape index (κ1) is 13.3. The number of benzene rings is 2. The average Bonchev–Trinajstić information content (AvgIpc) is 2.46. The lowest BCUT2D eigenvalue weighted by Crippen LogP contribution is -2.01. The van der Waals surface area contributed by atoms with E-state index in [-0.39, 0.29) is 0 Å². The second-order valence-corrected chi connectivity index (χ2v) is 4.44. The van der Waals surface area contributed by atoms with Gasteiger partial charge in [-0.25, -0.2) is 0 Å². The maximum absolute atomic E-state index is 9.05. The number of rotatable bonds is 4. The number of ether oxygens (including phenoxy) is 1. The third-order valence-corrected chi connectivity index (χ3v) is 2.95. The zero-order valence-electron chi connectivity index (χ0n) is 10.5. The van der Waals surface area contributed by atoms with Crippen molar-refractivity contribution in [2.24, 2.45) is 0 Å². The van der Waals surface area contributed by atoms with Crippen LogP contribution in [0.25, 0.3) is 0 Å². The number of methoxy groups -OCH3 is 1. The van der Waals surface area contributed by atoms with Crippen LogP contribution in [0.4, 0.5) is 5.69 Å². The van der Waals surface area contributed by atoms with Crippen LogP contribution in [-0.2, 0) is 6.54 Å². The highest BCUT2D eigenvalue weighted by atomic mass is 35.5. The molecular formula is C15H13ClN2O. The Hall–Kier alpha value is -2.18. The van der Waals surface area contributed by atoms with Gasteiger partial charge in [-0.2, -0.15) is 5.26 Å². The molecule has 0 aliphatic heterocycles. The number of nitrogens with one attached hydrogen (secondary N) is 1. The molecule has 2 rings (SSSR count). The molecule has 1 N–H and O–H groups in total. The summed E-state index contributed by atoms with van der Waals surface area (Å²) < 4.78 is 5.17. The van der Waals surface area contributed by atoms with Crippen molar-refractivity contribution in [1.29, 1.82) is 5.26 Å². The molecule has 0 saturated carbocycles. The van der Waals surface area contributed by atoms with Crippen molar-refractivity contribution >= 4 is 17.3 Å². The summed E-state index contributed by atoms with van der Waals surface area (Å²) in [5.41, 5.74) is 2.39. The lowest BCUT2D eigenvalue weighted by atomic mass is 10.1. The molecule has 3 nitrogen and oxygen atoms in total. The van der Waals surface area contributed by atoms with E-state index in [1.54, 1.807) is 25.3 Å². The molecule has 0 atom stereocenters. The molecule has 0 amide bonds. The maximum Gasteiger partial charge on any atom is 0.119 e. The van der Waals surface area contributed by atoms with Gasteiger partial charge >= 0.3 is 0 Å². The lowest BCUT2D eigenvalue weighted by Gasteiger charge is -2.09. The molecule has 0 heterocycles. The average molecular weight is 273 g/mol. The van der Waals surface area contributed by atoms with Gasteiger partial charge in [0.15, 0.2) is 0 Å². The zero-order valence-corrected chi connectivity index (χ0v) is 11.2. The second kappa shape index (κ2) is 6.12. The van der Waals surface area contributed by atoms with E-state index >= 15 is 0 Å². The van der Waals surface area contributed by atoms with Crippen LogP contribution in [0.1, 0.15) is 11.1 Å². The van der Waals surface area contributed by atoms with Crippen LogP contribution >= 0.6 is 11.6 Å². The Kier molecular flexibility index (Phi) is 4.27. The summed E-state index contributed by atoms with van der Waals surface area (Å²) in [7, 11) is 1.64. The van der Waals surface area contributed by atoms with Crippen molar-refractivity contribution in [3.63, 3.8) is 0 Å². The van der Waals surface area contributed by atoms with E-state index in [2.05, 4.69) is 11.4 Å². The van der Waals surface area contributed by atoms with E-state index in [0.29, 0.717) is 17.1 Å². The van der Waals surface area contributed by atoms with Gasteiger partial charge in [0.2, 0.25) is 0 Å². The van der Waals surface area contributed by atoms with Crippen molar-refractivity contribution in [2.45, 2.75) is 6.54 Å². The first-order valence-electron chi connectivity index (χ1n) is 5.79. The normalized spacial score (nSPS) is 9.74. The van der Waals surface area contributed by atoms with Crippen LogP contribution < -0.4 is 10.1 Å². The molecule has 0 bridgehead atoms. The number of halogens is 1. The van der Waals surface area contributed by atoms with Crippen LogP contribution in [0.2, 0.25) is 5.02 Å². The number of anilines is 1. The zero-order chi connectivity index (χ0) is 13.7. The Morgan fingerprint density at radius 3 is 2.84 bits per heavy atom. The van der Waals surface area contributed by atoms with E-state index in [1.165, 1.54) is 0 Å². The molecule has 96 valence electrons. The van der Waals surface area contributed by atoms with E-state index in [9.17, 15) is 0 Å². The summed E-state index contributed by atoms with van der Waals surface area (Å²) in [6.45, 7) is 0.619. The fourth-order valence-corrected chi connectivity index (χ4v) is 1.91. The van der Waals surface area contributed by atoms with Crippen molar-refractivity contribution in [3.8, 4) is 11.8 Å². The highest BCUT2D eigenvalue weighted by molar-refractivity contribution is 6.30. The second-order valence-electron chi connectivity index (χ2n) is 4.01. The van der Waals surface area contributed by atoms with Gasteiger partial charge in [-0.1, -0.05) is 23.7 Å². The first-order valence-corrected chi connectivity index (χ1v) is 6.17. The van der Waals surface area contributed by atoms with Crippen molar-refractivity contribution in [2.75, 3.05) is 12.4 Å². The number of hydrogen-bond donors (Lipinski definition) is 1. The van der Waals surface area contributed by atoms with Gasteiger partial charge in [-0.3, -0.25) is 0 Å². The quantitative estimate of drug-likeness (QED) is 0.920. The van der Waals surface area contributed by atoms with E-state index in [4.69, 9.17) is 21.6 Å². The topological polar surface area (TPSA) is 45.0 Å². The number of hydrogen-bond acceptors (Lipinski definition) is 3. The molecule has 0 fully saturated rings. The first-order chi connectivity index (χ1) is 9.22. The molecule has 0 aliphatic rings. The predicted octanol–water partition coefficient (Wildman–Crippen LogP) is 3.83. The monoisotopic (exact) mass is 272 g/mol. The third kappa shape index (κ3) is 3.40. The molecule has 19 heavy (non-hydrogen) atoms. The molecule has 0 unspecified atom stereocenters. The van der Waals surface area contributed by atoms with Crippen molar-refractivity contribution in [3.05, 3.63) is 58.6 Å².